The van der Waals surface area contributed by atoms with Crippen LogP contribution in [-0.2, 0) is 17.9 Å². The van der Waals surface area contributed by atoms with Crippen molar-refractivity contribution in [1.82, 2.24) is 15.5 Å². The van der Waals surface area contributed by atoms with Crippen molar-refractivity contribution in [2.24, 2.45) is 11.7 Å². The van der Waals surface area contributed by atoms with Crippen LogP contribution in [0.5, 0.6) is 0 Å². The molecule has 2 rings (SSSR count). The molecule has 0 radical (unpaired) electrons. The number of primary amides is 1. The zero-order valence-corrected chi connectivity index (χ0v) is 15.3. The number of urea groups is 1. The summed E-state index contributed by atoms with van der Waals surface area (Å²) < 4.78 is 0. The molecule has 6 nitrogen and oxygen atoms in total. The van der Waals surface area contributed by atoms with Gasteiger partial charge >= 0.3 is 6.03 Å². The molecule has 0 spiro atoms. The molecule has 0 aliphatic carbocycles. The monoisotopic (exact) mass is 346 g/mol. The van der Waals surface area contributed by atoms with Gasteiger partial charge in [0.15, 0.2) is 0 Å². The van der Waals surface area contributed by atoms with Gasteiger partial charge in [0.2, 0.25) is 5.91 Å². The van der Waals surface area contributed by atoms with Gasteiger partial charge in [-0.05, 0) is 43.0 Å². The Balaban J connectivity index is 1.86. The van der Waals surface area contributed by atoms with Crippen LogP contribution in [0.15, 0.2) is 24.3 Å². The summed E-state index contributed by atoms with van der Waals surface area (Å²) in [6.07, 6.45) is 3.37. The molecule has 0 unspecified atom stereocenters. The van der Waals surface area contributed by atoms with Gasteiger partial charge in [0, 0.05) is 13.1 Å². The Morgan fingerprint density at radius 3 is 2.32 bits per heavy atom. The number of hydrogen-bond donors (Lipinski definition) is 3. The van der Waals surface area contributed by atoms with Gasteiger partial charge in [-0.25, -0.2) is 4.79 Å². The lowest BCUT2D eigenvalue weighted by atomic mass is 9.98. The van der Waals surface area contributed by atoms with Crippen molar-refractivity contribution in [1.29, 1.82) is 0 Å². The van der Waals surface area contributed by atoms with Crippen molar-refractivity contribution in [3.05, 3.63) is 35.4 Å². The summed E-state index contributed by atoms with van der Waals surface area (Å²) in [6, 6.07) is 7.06. The van der Waals surface area contributed by atoms with Crippen molar-refractivity contribution < 1.29 is 9.59 Å². The van der Waals surface area contributed by atoms with E-state index in [1.807, 2.05) is 26.0 Å². The van der Waals surface area contributed by atoms with Gasteiger partial charge in [-0.15, -0.1) is 0 Å². The number of benzene rings is 1. The topological polar surface area (TPSA) is 87.5 Å². The minimum Gasteiger partial charge on any atom is -0.352 e. The third-order valence-electron chi connectivity index (χ3n) is 4.89. The maximum absolute atomic E-state index is 12.4. The number of nitrogens with zero attached hydrogens (tertiary/aromatic N) is 1. The van der Waals surface area contributed by atoms with Crippen LogP contribution in [0.1, 0.15) is 44.2 Å². The Morgan fingerprint density at radius 1 is 1.16 bits per heavy atom. The molecule has 138 valence electrons. The first kappa shape index (κ1) is 19.2. The smallest absolute Gasteiger partial charge is 0.312 e. The van der Waals surface area contributed by atoms with Crippen LogP contribution >= 0.6 is 0 Å². The summed E-state index contributed by atoms with van der Waals surface area (Å²) in [4.78, 5) is 25.9. The van der Waals surface area contributed by atoms with E-state index in [1.165, 1.54) is 31.5 Å². The fourth-order valence-corrected chi connectivity index (χ4v) is 3.12. The van der Waals surface area contributed by atoms with Crippen LogP contribution in [-0.4, -0.2) is 36.0 Å². The van der Waals surface area contributed by atoms with Crippen LogP contribution in [0.2, 0.25) is 0 Å². The largest absolute Gasteiger partial charge is 0.352 e. The van der Waals surface area contributed by atoms with E-state index in [2.05, 4.69) is 27.7 Å². The molecule has 0 bridgehead atoms. The fraction of sp³-hybridized carbons (Fsp3) is 0.579. The Hall–Kier alpha value is -2.08. The quantitative estimate of drug-likeness (QED) is 0.672. The van der Waals surface area contributed by atoms with Crippen molar-refractivity contribution in [3.63, 3.8) is 0 Å². The van der Waals surface area contributed by atoms with Crippen LogP contribution in [0.4, 0.5) is 4.79 Å². The molecule has 1 fully saturated rings. The molecule has 0 aromatic heterocycles. The zero-order valence-electron chi connectivity index (χ0n) is 15.3. The molecule has 1 aromatic carbocycles. The van der Waals surface area contributed by atoms with E-state index in [1.54, 1.807) is 0 Å². The second-order valence-electron chi connectivity index (χ2n) is 6.89. The lowest BCUT2D eigenvalue weighted by Crippen LogP contribution is -2.51. The SMILES string of the molecule is CC[C@H](C)[C@H](NC(N)=O)C(=O)NCc1ccc(CN2CCCC2)cc1. The number of rotatable bonds is 8. The van der Waals surface area contributed by atoms with Crippen LogP contribution in [0, 0.1) is 5.92 Å². The maximum Gasteiger partial charge on any atom is 0.312 e. The molecule has 3 amide bonds. The summed E-state index contributed by atoms with van der Waals surface area (Å²) >= 11 is 0. The molecular weight excluding hydrogens is 316 g/mol. The van der Waals surface area contributed by atoms with Gasteiger partial charge in [-0.3, -0.25) is 9.69 Å². The number of hydrogen-bond acceptors (Lipinski definition) is 3. The first-order valence-corrected chi connectivity index (χ1v) is 9.13. The van der Waals surface area contributed by atoms with Crippen LogP contribution in [0.25, 0.3) is 0 Å². The summed E-state index contributed by atoms with van der Waals surface area (Å²) in [5.41, 5.74) is 7.52. The molecular formula is C19H30N4O2. The standard InChI is InChI=1S/C19H30N4O2/c1-3-14(2)17(22-19(20)25)18(24)21-12-15-6-8-16(9-7-15)13-23-10-4-5-11-23/h6-9,14,17H,3-5,10-13H2,1-2H3,(H,21,24)(H3,20,22,25)/t14-,17-/m0/s1. The minimum absolute atomic E-state index is 0.0235. The van der Waals surface area contributed by atoms with Crippen molar-refractivity contribution in [2.45, 2.75) is 52.2 Å². The fourth-order valence-electron chi connectivity index (χ4n) is 3.12. The van der Waals surface area contributed by atoms with E-state index in [4.69, 9.17) is 5.73 Å². The Labute approximate surface area is 150 Å². The molecule has 1 saturated heterocycles. The molecule has 4 N–H and O–H groups in total. The van der Waals surface area contributed by atoms with E-state index >= 15 is 0 Å². The second kappa shape index (κ2) is 9.42. The van der Waals surface area contributed by atoms with Gasteiger partial charge in [-0.2, -0.15) is 0 Å². The van der Waals surface area contributed by atoms with Crippen LogP contribution in [0.3, 0.4) is 0 Å². The summed E-state index contributed by atoms with van der Waals surface area (Å²) in [5, 5.41) is 5.43. The third-order valence-corrected chi connectivity index (χ3v) is 4.89. The van der Waals surface area contributed by atoms with E-state index in [0.717, 1.165) is 18.5 Å². The zero-order chi connectivity index (χ0) is 18.2. The predicted octanol–water partition coefficient (Wildman–Crippen LogP) is 1.98. The highest BCUT2D eigenvalue weighted by Gasteiger charge is 2.24. The summed E-state index contributed by atoms with van der Waals surface area (Å²) in [7, 11) is 0. The van der Waals surface area contributed by atoms with E-state index in [9.17, 15) is 9.59 Å². The normalized spacial score (nSPS) is 17.0. The van der Waals surface area contributed by atoms with Gasteiger partial charge in [0.1, 0.15) is 6.04 Å². The maximum atomic E-state index is 12.4. The highest BCUT2D eigenvalue weighted by atomic mass is 16.2. The Kier molecular flexibility index (Phi) is 7.25. The average molecular weight is 346 g/mol. The third kappa shape index (κ3) is 6.05. The van der Waals surface area contributed by atoms with Gasteiger partial charge in [0.05, 0.1) is 0 Å². The Morgan fingerprint density at radius 2 is 1.76 bits per heavy atom. The number of carbonyl (C=O) groups excluding carboxylic acids is 2. The Bertz CT molecular complexity index is 567. The minimum atomic E-state index is -0.674. The number of likely N-dealkylation sites (tertiary alicyclic amines) is 1. The van der Waals surface area contributed by atoms with E-state index in [-0.39, 0.29) is 11.8 Å². The van der Waals surface area contributed by atoms with E-state index < -0.39 is 12.1 Å². The molecule has 6 heteroatoms. The number of carbonyl (C=O) groups is 2. The predicted molar refractivity (Wildman–Crippen MR) is 98.8 cm³/mol. The number of amides is 3. The molecule has 1 aromatic rings. The molecule has 1 aliphatic rings. The van der Waals surface area contributed by atoms with E-state index in [0.29, 0.717) is 6.54 Å². The first-order valence-electron chi connectivity index (χ1n) is 9.13. The highest BCUT2D eigenvalue weighted by molar-refractivity contribution is 5.86. The van der Waals surface area contributed by atoms with Crippen molar-refractivity contribution in [2.75, 3.05) is 13.1 Å². The molecule has 0 saturated carbocycles. The van der Waals surface area contributed by atoms with Crippen molar-refractivity contribution >= 4 is 11.9 Å². The van der Waals surface area contributed by atoms with Gasteiger partial charge < -0.3 is 16.4 Å². The number of nitrogens with two attached hydrogens (primary N) is 1. The average Bonchev–Trinajstić information content (AvgIpc) is 3.11. The summed E-state index contributed by atoms with van der Waals surface area (Å²) in [5.74, 6) is -0.176. The lowest BCUT2D eigenvalue weighted by Gasteiger charge is -2.22. The molecule has 2 atom stereocenters. The summed E-state index contributed by atoms with van der Waals surface area (Å²) in [6.45, 7) is 7.70. The molecule has 1 aliphatic heterocycles. The first-order chi connectivity index (χ1) is 12.0. The van der Waals surface area contributed by atoms with Crippen molar-refractivity contribution in [3.8, 4) is 0 Å². The molecule has 1 heterocycles. The van der Waals surface area contributed by atoms with Gasteiger partial charge in [-0.1, -0.05) is 44.5 Å². The number of nitrogens with one attached hydrogen (secondary N) is 2. The second-order valence-corrected chi connectivity index (χ2v) is 6.89. The lowest BCUT2D eigenvalue weighted by molar-refractivity contribution is -0.124. The molecule has 25 heavy (non-hydrogen) atoms. The van der Waals surface area contributed by atoms with Gasteiger partial charge in [0.25, 0.3) is 0 Å². The van der Waals surface area contributed by atoms with Crippen LogP contribution < -0.4 is 16.4 Å². The highest BCUT2D eigenvalue weighted by Crippen LogP contribution is 2.13.